The summed E-state index contributed by atoms with van der Waals surface area (Å²) in [5.41, 5.74) is 2.58. The number of carbonyl (C=O) groups is 2. The molecule has 0 atom stereocenters. The molecule has 0 unspecified atom stereocenters. The van der Waals surface area contributed by atoms with E-state index in [1.165, 1.54) is 24.3 Å². The number of nitrogens with one attached hydrogen (secondary N) is 1. The lowest BCUT2D eigenvalue weighted by atomic mass is 9.99. The summed E-state index contributed by atoms with van der Waals surface area (Å²) in [6.07, 6.45) is 1.70. The largest absolute Gasteiger partial charge is 0.322 e. The molecule has 2 aromatic carbocycles. The van der Waals surface area contributed by atoms with Crippen molar-refractivity contribution in [3.8, 4) is 0 Å². The molecule has 1 N–H and O–H groups in total. The molecule has 0 radical (unpaired) electrons. The Morgan fingerprint density at radius 1 is 1.19 bits per heavy atom. The van der Waals surface area contributed by atoms with Crippen molar-refractivity contribution < 1.29 is 14.5 Å². The van der Waals surface area contributed by atoms with Crippen molar-refractivity contribution in [1.82, 2.24) is 0 Å². The minimum Gasteiger partial charge on any atom is -0.322 e. The number of hydrogen-bond acceptors (Lipinski definition) is 4. The summed E-state index contributed by atoms with van der Waals surface area (Å²) in [6.45, 7) is 4.46. The van der Waals surface area contributed by atoms with E-state index in [1.54, 1.807) is 11.0 Å². The van der Waals surface area contributed by atoms with E-state index in [4.69, 9.17) is 0 Å². The quantitative estimate of drug-likeness (QED) is 0.657. The third kappa shape index (κ3) is 3.97. The van der Waals surface area contributed by atoms with Gasteiger partial charge in [0, 0.05) is 41.5 Å². The summed E-state index contributed by atoms with van der Waals surface area (Å²) in [5, 5.41) is 13.6. The molecule has 7 heteroatoms. The van der Waals surface area contributed by atoms with Crippen LogP contribution in [0.15, 0.2) is 42.5 Å². The first-order valence-corrected chi connectivity index (χ1v) is 8.87. The highest BCUT2D eigenvalue weighted by atomic mass is 16.6. The minimum atomic E-state index is -0.532. The fourth-order valence-electron chi connectivity index (χ4n) is 3.18. The fourth-order valence-corrected chi connectivity index (χ4v) is 3.18. The number of rotatable bonds is 4. The third-order valence-corrected chi connectivity index (χ3v) is 4.54. The lowest BCUT2D eigenvalue weighted by Crippen LogP contribution is -2.38. The summed E-state index contributed by atoms with van der Waals surface area (Å²) in [5.74, 6) is -0.405. The zero-order valence-electron chi connectivity index (χ0n) is 15.3. The van der Waals surface area contributed by atoms with Gasteiger partial charge in [0.25, 0.3) is 11.6 Å². The zero-order valence-corrected chi connectivity index (χ0v) is 15.3. The smallest absolute Gasteiger partial charge is 0.270 e. The van der Waals surface area contributed by atoms with Gasteiger partial charge in [0.05, 0.1) is 4.92 Å². The van der Waals surface area contributed by atoms with E-state index in [0.29, 0.717) is 12.2 Å². The van der Waals surface area contributed by atoms with Crippen LogP contribution in [0.1, 0.15) is 36.2 Å². The molecule has 0 saturated carbocycles. The van der Waals surface area contributed by atoms with Gasteiger partial charge >= 0.3 is 0 Å². The number of benzene rings is 2. The topological polar surface area (TPSA) is 92.6 Å². The highest BCUT2D eigenvalue weighted by molar-refractivity contribution is 6.05. The van der Waals surface area contributed by atoms with Crippen molar-refractivity contribution in [3.63, 3.8) is 0 Å². The molecular formula is C20H21N3O4. The summed E-state index contributed by atoms with van der Waals surface area (Å²) in [6, 6.07) is 11.1. The van der Waals surface area contributed by atoms with Crippen molar-refractivity contribution >= 4 is 28.9 Å². The zero-order chi connectivity index (χ0) is 19.6. The Morgan fingerprint density at radius 3 is 2.67 bits per heavy atom. The summed E-state index contributed by atoms with van der Waals surface area (Å²) in [4.78, 5) is 37.0. The van der Waals surface area contributed by atoms with Gasteiger partial charge in [0.1, 0.15) is 0 Å². The molecule has 140 valence electrons. The van der Waals surface area contributed by atoms with E-state index >= 15 is 0 Å². The number of nitrogens with zero attached hydrogens (tertiary/aromatic N) is 2. The van der Waals surface area contributed by atoms with E-state index in [0.717, 1.165) is 24.1 Å². The van der Waals surface area contributed by atoms with Gasteiger partial charge in [-0.15, -0.1) is 0 Å². The second kappa shape index (κ2) is 7.57. The summed E-state index contributed by atoms with van der Waals surface area (Å²) < 4.78 is 0. The third-order valence-electron chi connectivity index (χ3n) is 4.54. The highest BCUT2D eigenvalue weighted by Gasteiger charge is 2.24. The van der Waals surface area contributed by atoms with Crippen molar-refractivity contribution in [2.24, 2.45) is 5.92 Å². The van der Waals surface area contributed by atoms with Gasteiger partial charge in [-0.1, -0.05) is 19.9 Å². The van der Waals surface area contributed by atoms with Gasteiger partial charge in [-0.25, -0.2) is 0 Å². The molecule has 0 bridgehead atoms. The highest BCUT2D eigenvalue weighted by Crippen LogP contribution is 2.31. The van der Waals surface area contributed by atoms with Gasteiger partial charge in [0.2, 0.25) is 5.91 Å². The Morgan fingerprint density at radius 2 is 1.96 bits per heavy atom. The average Bonchev–Trinajstić information content (AvgIpc) is 2.66. The molecule has 0 spiro atoms. The van der Waals surface area contributed by atoms with Crippen LogP contribution in [0.4, 0.5) is 17.1 Å². The molecule has 3 rings (SSSR count). The molecule has 7 nitrogen and oxygen atoms in total. The Kier molecular flexibility index (Phi) is 5.21. The molecule has 0 aromatic heterocycles. The van der Waals surface area contributed by atoms with Crippen molar-refractivity contribution in [2.75, 3.05) is 16.8 Å². The van der Waals surface area contributed by atoms with Crippen molar-refractivity contribution in [3.05, 3.63) is 63.7 Å². The number of fused-ring (bicyclic) bond motifs is 1. The number of carbonyl (C=O) groups excluding carboxylic acids is 2. The van der Waals surface area contributed by atoms with Crippen LogP contribution in [0, 0.1) is 16.0 Å². The van der Waals surface area contributed by atoms with Gasteiger partial charge in [-0.3, -0.25) is 19.7 Å². The lowest BCUT2D eigenvalue weighted by Gasteiger charge is -2.31. The molecule has 1 heterocycles. The van der Waals surface area contributed by atoms with Crippen LogP contribution in [0.2, 0.25) is 0 Å². The molecule has 0 fully saturated rings. The molecule has 0 aliphatic carbocycles. The second-order valence-electron chi connectivity index (χ2n) is 6.85. The van der Waals surface area contributed by atoms with E-state index in [9.17, 15) is 19.7 Å². The second-order valence-corrected chi connectivity index (χ2v) is 6.85. The molecule has 1 aliphatic heterocycles. The Labute approximate surface area is 157 Å². The summed E-state index contributed by atoms with van der Waals surface area (Å²) in [7, 11) is 0. The van der Waals surface area contributed by atoms with Gasteiger partial charge < -0.3 is 10.2 Å². The first-order chi connectivity index (χ1) is 12.9. The van der Waals surface area contributed by atoms with E-state index in [-0.39, 0.29) is 23.1 Å². The van der Waals surface area contributed by atoms with Crippen LogP contribution in [0.5, 0.6) is 0 Å². The summed E-state index contributed by atoms with van der Waals surface area (Å²) >= 11 is 0. The van der Waals surface area contributed by atoms with E-state index in [2.05, 4.69) is 5.32 Å². The number of nitro groups is 1. The average molecular weight is 367 g/mol. The van der Waals surface area contributed by atoms with Crippen LogP contribution in [0.3, 0.4) is 0 Å². The van der Waals surface area contributed by atoms with Crippen LogP contribution in [0.25, 0.3) is 0 Å². The SMILES string of the molecule is CC(C)C(=O)N1CCCc2cc(NC(=O)c3cccc([N+](=O)[O-])c3)ccc21. The molecular weight excluding hydrogens is 346 g/mol. The number of hydrogen-bond donors (Lipinski definition) is 1. The Balaban J connectivity index is 1.81. The number of amides is 2. The molecule has 0 saturated heterocycles. The molecule has 27 heavy (non-hydrogen) atoms. The minimum absolute atomic E-state index is 0.0794. The standard InChI is InChI=1S/C20H21N3O4/c1-13(2)20(25)22-10-4-6-14-11-16(8-9-18(14)22)21-19(24)15-5-3-7-17(12-15)23(26)27/h3,5,7-9,11-13H,4,6,10H2,1-2H3,(H,21,24). The van der Waals surface area contributed by atoms with Crippen molar-refractivity contribution in [1.29, 1.82) is 0 Å². The Bertz CT molecular complexity index is 908. The van der Waals surface area contributed by atoms with Crippen LogP contribution < -0.4 is 10.2 Å². The maximum Gasteiger partial charge on any atom is 0.270 e. The van der Waals surface area contributed by atoms with Crippen LogP contribution >= 0.6 is 0 Å². The van der Waals surface area contributed by atoms with E-state index < -0.39 is 10.8 Å². The fraction of sp³-hybridized carbons (Fsp3) is 0.300. The van der Waals surface area contributed by atoms with Gasteiger partial charge in [0.15, 0.2) is 0 Å². The number of non-ortho nitro benzene ring substituents is 1. The lowest BCUT2D eigenvalue weighted by molar-refractivity contribution is -0.384. The van der Waals surface area contributed by atoms with Crippen molar-refractivity contribution in [2.45, 2.75) is 26.7 Å². The monoisotopic (exact) mass is 367 g/mol. The predicted octanol–water partition coefficient (Wildman–Crippen LogP) is 3.78. The first-order valence-electron chi connectivity index (χ1n) is 8.87. The number of anilines is 2. The molecule has 1 aliphatic rings. The maximum absolute atomic E-state index is 12.4. The van der Waals surface area contributed by atoms with Gasteiger partial charge in [-0.05, 0) is 42.7 Å². The predicted molar refractivity (Wildman–Crippen MR) is 103 cm³/mol. The number of aryl methyl sites for hydroxylation is 1. The normalized spacial score (nSPS) is 13.2. The molecule has 2 amide bonds. The van der Waals surface area contributed by atoms with E-state index in [1.807, 2.05) is 26.0 Å². The first kappa shape index (κ1) is 18.6. The van der Waals surface area contributed by atoms with Gasteiger partial charge in [-0.2, -0.15) is 0 Å². The Hall–Kier alpha value is -3.22. The maximum atomic E-state index is 12.4. The number of nitro benzene ring substituents is 1. The van der Waals surface area contributed by atoms with Crippen LogP contribution in [-0.4, -0.2) is 23.3 Å². The molecule has 2 aromatic rings. The van der Waals surface area contributed by atoms with Crippen LogP contribution in [-0.2, 0) is 11.2 Å².